The highest BCUT2D eigenvalue weighted by Gasteiger charge is 2.12. The molecule has 1 heterocycles. The number of para-hydroxylation sites is 1. The Morgan fingerprint density at radius 2 is 1.60 bits per heavy atom. The van der Waals surface area contributed by atoms with Gasteiger partial charge in [0, 0.05) is 17.9 Å². The predicted molar refractivity (Wildman–Crippen MR) is 194 cm³/mol. The number of carbonyl (C=O) groups excluding carboxylic acids is 2. The molecular weight excluding hydrogens is 623 g/mol. The third kappa shape index (κ3) is 10.9. The number of unbranched alkanes of at least 4 members (excludes halogenated alkanes) is 3. The summed E-state index contributed by atoms with van der Waals surface area (Å²) in [5.74, 6) is 0.209. The van der Waals surface area contributed by atoms with Crippen molar-refractivity contribution in [1.29, 1.82) is 5.41 Å². The number of nitrogen functional groups attached to an aromatic ring is 1. The highest BCUT2D eigenvalue weighted by atomic mass is 32.1. The van der Waals surface area contributed by atoms with E-state index in [1.165, 1.54) is 23.1 Å². The number of aryl methyl sites for hydroxylation is 1. The van der Waals surface area contributed by atoms with Crippen LogP contribution in [-0.4, -0.2) is 36.4 Å². The zero-order valence-electron chi connectivity index (χ0n) is 27.2. The lowest BCUT2D eigenvalue weighted by atomic mass is 9.98. The van der Waals surface area contributed by atoms with E-state index in [0.29, 0.717) is 41.0 Å². The Kier molecular flexibility index (Phi) is 13.9. The first-order valence-corrected chi connectivity index (χ1v) is 16.8. The molecule has 0 bridgehead atoms. The second kappa shape index (κ2) is 18.8. The number of fused-ring (bicyclic) bond motifs is 1. The third-order valence-corrected chi connectivity index (χ3v) is 8.18. The summed E-state index contributed by atoms with van der Waals surface area (Å²) in [6, 6.07) is 28.5. The van der Waals surface area contributed by atoms with E-state index in [2.05, 4.69) is 42.8 Å². The summed E-state index contributed by atoms with van der Waals surface area (Å²) >= 11 is 1.52. The molecule has 0 saturated carbocycles. The summed E-state index contributed by atoms with van der Waals surface area (Å²) in [6.07, 6.45) is 8.19. The lowest BCUT2D eigenvalue weighted by Crippen LogP contribution is -2.09. The Labute approximate surface area is 285 Å². The van der Waals surface area contributed by atoms with E-state index in [0.717, 1.165) is 65.9 Å². The van der Waals surface area contributed by atoms with Gasteiger partial charge in [-0.05, 0) is 97.3 Å². The quantitative estimate of drug-likeness (QED) is 0.0376. The molecule has 0 radical (unpaired) electrons. The van der Waals surface area contributed by atoms with Crippen LogP contribution in [0.15, 0.2) is 104 Å². The van der Waals surface area contributed by atoms with Crippen LogP contribution in [0.5, 0.6) is 11.5 Å². The number of aromatic nitrogens is 1. The molecule has 1 aromatic heterocycles. The van der Waals surface area contributed by atoms with Crippen molar-refractivity contribution >= 4 is 44.8 Å². The first kappa shape index (κ1) is 35.6. The van der Waals surface area contributed by atoms with Gasteiger partial charge in [-0.3, -0.25) is 0 Å². The summed E-state index contributed by atoms with van der Waals surface area (Å²) < 4.78 is 17.4. The van der Waals surface area contributed by atoms with Gasteiger partial charge in [-0.25, -0.2) is 14.6 Å². The fourth-order valence-corrected chi connectivity index (χ4v) is 5.58. The maximum Gasteiger partial charge on any atom is 0.343 e. The number of anilines is 1. The van der Waals surface area contributed by atoms with E-state index in [4.69, 9.17) is 25.4 Å². The lowest BCUT2D eigenvalue weighted by Gasteiger charge is -2.11. The molecule has 0 aliphatic rings. The minimum atomic E-state index is -0.471. The second-order valence-electron chi connectivity index (χ2n) is 10.9. The number of esters is 2. The Bertz CT molecular complexity index is 1770. The van der Waals surface area contributed by atoms with Crippen molar-refractivity contribution in [3.63, 3.8) is 0 Å². The van der Waals surface area contributed by atoms with Crippen molar-refractivity contribution in [2.24, 2.45) is 0 Å². The predicted octanol–water partition coefficient (Wildman–Crippen LogP) is 9.07. The molecule has 0 amide bonds. The van der Waals surface area contributed by atoms with Gasteiger partial charge in [-0.1, -0.05) is 73.7 Å². The number of carbonyl (C=O) groups is 2. The normalized spacial score (nSPS) is 10.4. The van der Waals surface area contributed by atoms with Crippen molar-refractivity contribution in [1.82, 2.24) is 4.98 Å². The van der Waals surface area contributed by atoms with Crippen molar-refractivity contribution in [3.05, 3.63) is 120 Å². The van der Waals surface area contributed by atoms with E-state index < -0.39 is 11.9 Å². The molecule has 9 heteroatoms. The minimum absolute atomic E-state index is 0.388. The van der Waals surface area contributed by atoms with Crippen LogP contribution in [0.2, 0.25) is 0 Å². The van der Waals surface area contributed by atoms with Crippen LogP contribution in [-0.2, 0) is 16.0 Å². The van der Waals surface area contributed by atoms with Crippen LogP contribution < -0.4 is 15.2 Å². The highest BCUT2D eigenvalue weighted by molar-refractivity contribution is 7.22. The van der Waals surface area contributed by atoms with Gasteiger partial charge in [0.25, 0.3) is 0 Å². The molecule has 0 saturated heterocycles. The summed E-state index contributed by atoms with van der Waals surface area (Å²) in [7, 11) is 0. The number of hydrogen-bond donors (Lipinski definition) is 2. The average Bonchev–Trinajstić information content (AvgIpc) is 3.50. The average molecular weight is 664 g/mol. The van der Waals surface area contributed by atoms with Gasteiger partial charge in [-0.2, -0.15) is 0 Å². The summed E-state index contributed by atoms with van der Waals surface area (Å²) in [4.78, 5) is 27.8. The minimum Gasteiger partial charge on any atom is -0.494 e. The van der Waals surface area contributed by atoms with Gasteiger partial charge in [0.15, 0.2) is 5.13 Å². The zero-order chi connectivity index (χ0) is 34.1. The second-order valence-corrected chi connectivity index (χ2v) is 12.0. The number of rotatable bonds is 15. The molecular formula is C39H41N3O5S. The maximum absolute atomic E-state index is 12.7. The van der Waals surface area contributed by atoms with Crippen molar-refractivity contribution in [2.75, 3.05) is 18.9 Å². The smallest absolute Gasteiger partial charge is 0.343 e. The van der Waals surface area contributed by atoms with Crippen molar-refractivity contribution in [3.8, 4) is 22.6 Å². The number of benzene rings is 4. The van der Waals surface area contributed by atoms with Gasteiger partial charge in [0.1, 0.15) is 11.5 Å². The number of nitrogens with two attached hydrogens (primary N) is 1. The first-order valence-electron chi connectivity index (χ1n) is 16.0. The van der Waals surface area contributed by atoms with Crippen LogP contribution >= 0.6 is 11.3 Å². The topological polar surface area (TPSA) is 125 Å². The monoisotopic (exact) mass is 663 g/mol. The Morgan fingerprint density at radius 3 is 2.29 bits per heavy atom. The van der Waals surface area contributed by atoms with E-state index in [1.807, 2.05) is 30.3 Å². The molecule has 0 atom stereocenters. The molecule has 0 unspecified atom stereocenters. The molecule has 0 aliphatic heterocycles. The Hall–Kier alpha value is -5.28. The SMILES string of the molecule is C=CC(=O)OCCCCCCOc1ccc(C(=O)Oc2ccc(-c3ccc(CCC)cc3)c(C=N)c2)cc1.Nc1nc2ccccc2s1. The largest absolute Gasteiger partial charge is 0.494 e. The summed E-state index contributed by atoms with van der Waals surface area (Å²) in [5.41, 5.74) is 10.8. The fraction of sp³-hybridized carbons (Fsp3) is 0.231. The van der Waals surface area contributed by atoms with Gasteiger partial charge in [0.2, 0.25) is 0 Å². The first-order chi connectivity index (χ1) is 23.4. The standard InChI is InChI=1S/C32H35NO5.C7H6N2S/c1-3-9-24-10-12-25(13-11-24)30-19-18-29(22-27(30)23-33)38-32(35)26-14-16-28(17-15-26)36-20-7-5-6-8-21-37-31(34)4-2;8-7-9-5-3-1-2-4-6(5)10-7/h4,10-19,22-23,33H,2-3,5-9,20-21H2,1H3;1-4H,(H2,8,9). The Balaban J connectivity index is 0.000000438. The highest BCUT2D eigenvalue weighted by Crippen LogP contribution is 2.28. The molecule has 3 N–H and O–H groups in total. The molecule has 8 nitrogen and oxygen atoms in total. The molecule has 5 rings (SSSR count). The van der Waals surface area contributed by atoms with E-state index in [-0.39, 0.29) is 0 Å². The lowest BCUT2D eigenvalue weighted by molar-refractivity contribution is -0.137. The number of hydrogen-bond acceptors (Lipinski definition) is 9. The van der Waals surface area contributed by atoms with E-state index in [9.17, 15) is 9.59 Å². The zero-order valence-corrected chi connectivity index (χ0v) is 28.0. The van der Waals surface area contributed by atoms with E-state index in [1.54, 1.807) is 36.4 Å². The molecule has 0 aliphatic carbocycles. The Morgan fingerprint density at radius 1 is 0.896 bits per heavy atom. The summed E-state index contributed by atoms with van der Waals surface area (Å²) in [6.45, 7) is 6.49. The molecule has 0 spiro atoms. The maximum atomic E-state index is 12.7. The fourth-order valence-electron chi connectivity index (χ4n) is 4.85. The number of nitrogens with one attached hydrogen (secondary N) is 1. The van der Waals surface area contributed by atoms with Gasteiger partial charge >= 0.3 is 11.9 Å². The van der Waals surface area contributed by atoms with Crippen molar-refractivity contribution in [2.45, 2.75) is 45.4 Å². The van der Waals surface area contributed by atoms with Crippen LogP contribution in [0.4, 0.5) is 5.13 Å². The van der Waals surface area contributed by atoms with Gasteiger partial charge in [0.05, 0.1) is 29.0 Å². The van der Waals surface area contributed by atoms with E-state index >= 15 is 0 Å². The molecule has 248 valence electrons. The van der Waals surface area contributed by atoms with Gasteiger partial charge in [-0.15, -0.1) is 0 Å². The number of thiazole rings is 1. The van der Waals surface area contributed by atoms with Crippen LogP contribution in [0.25, 0.3) is 21.3 Å². The van der Waals surface area contributed by atoms with Crippen molar-refractivity contribution < 1.29 is 23.8 Å². The number of ether oxygens (including phenoxy) is 3. The van der Waals surface area contributed by atoms with Crippen LogP contribution in [0.1, 0.15) is 60.5 Å². The number of nitrogens with zero attached hydrogens (tertiary/aromatic N) is 1. The molecule has 48 heavy (non-hydrogen) atoms. The van der Waals surface area contributed by atoms with Crippen LogP contribution in [0, 0.1) is 5.41 Å². The molecule has 5 aromatic rings. The van der Waals surface area contributed by atoms with Gasteiger partial charge < -0.3 is 25.4 Å². The molecule has 4 aromatic carbocycles. The summed E-state index contributed by atoms with van der Waals surface area (Å²) in [5, 5.41) is 8.48. The van der Waals surface area contributed by atoms with Crippen LogP contribution in [0.3, 0.4) is 0 Å². The third-order valence-electron chi connectivity index (χ3n) is 7.31. The molecule has 0 fully saturated rings.